The lowest BCUT2D eigenvalue weighted by Gasteiger charge is -2.24. The van der Waals surface area contributed by atoms with Gasteiger partial charge in [0, 0.05) is 48.7 Å². The van der Waals surface area contributed by atoms with Gasteiger partial charge in [-0.05, 0) is 49.1 Å². The van der Waals surface area contributed by atoms with E-state index in [1.54, 1.807) is 23.9 Å². The van der Waals surface area contributed by atoms with Crippen LogP contribution in [-0.2, 0) is 4.79 Å². The highest BCUT2D eigenvalue weighted by Crippen LogP contribution is 2.42. The van der Waals surface area contributed by atoms with Gasteiger partial charge in [-0.2, -0.15) is 11.8 Å². The number of halogens is 2. The monoisotopic (exact) mass is 505 g/mol. The zero-order chi connectivity index (χ0) is 23.2. The van der Waals surface area contributed by atoms with Gasteiger partial charge in [-0.3, -0.25) is 9.59 Å². The second-order valence-corrected chi connectivity index (χ2v) is 10.5. The Labute approximate surface area is 209 Å². The molecule has 33 heavy (non-hydrogen) atoms. The van der Waals surface area contributed by atoms with E-state index in [1.807, 2.05) is 41.3 Å². The van der Waals surface area contributed by atoms with Crippen molar-refractivity contribution < 1.29 is 9.59 Å². The number of likely N-dealkylation sites (tertiary alicyclic amines) is 1. The van der Waals surface area contributed by atoms with E-state index in [0.717, 1.165) is 44.6 Å². The molecule has 2 aromatic rings. The van der Waals surface area contributed by atoms with Gasteiger partial charge >= 0.3 is 0 Å². The van der Waals surface area contributed by atoms with Crippen LogP contribution < -0.4 is 10.6 Å². The summed E-state index contributed by atoms with van der Waals surface area (Å²) in [5, 5.41) is 7.73. The second kappa shape index (κ2) is 11.6. The third-order valence-electron chi connectivity index (χ3n) is 6.16. The molecule has 0 unspecified atom stereocenters. The maximum Gasteiger partial charge on any atom is 0.251 e. The molecule has 2 fully saturated rings. The first-order valence-electron chi connectivity index (χ1n) is 11.4. The van der Waals surface area contributed by atoms with Gasteiger partial charge < -0.3 is 15.5 Å². The third kappa shape index (κ3) is 6.66. The fourth-order valence-electron chi connectivity index (χ4n) is 4.21. The molecule has 1 aliphatic carbocycles. The lowest BCUT2D eigenvalue weighted by atomic mass is 10.1. The molecule has 4 rings (SSSR count). The van der Waals surface area contributed by atoms with Crippen LogP contribution in [0.5, 0.6) is 0 Å². The van der Waals surface area contributed by atoms with Crippen molar-refractivity contribution in [2.45, 2.75) is 37.3 Å². The number of carbonyl (C=O) groups excluding carboxylic acids is 2. The van der Waals surface area contributed by atoms with E-state index in [9.17, 15) is 9.59 Å². The van der Waals surface area contributed by atoms with E-state index < -0.39 is 6.04 Å². The Bertz CT molecular complexity index is 969. The summed E-state index contributed by atoms with van der Waals surface area (Å²) in [5.74, 6) is 1.74. The molecule has 1 heterocycles. The van der Waals surface area contributed by atoms with E-state index in [2.05, 4.69) is 10.6 Å². The molecule has 176 valence electrons. The summed E-state index contributed by atoms with van der Waals surface area (Å²) in [6.45, 7) is 2.41. The molecule has 1 aliphatic heterocycles. The molecule has 1 saturated heterocycles. The quantitative estimate of drug-likeness (QED) is 0.463. The van der Waals surface area contributed by atoms with Crippen molar-refractivity contribution in [2.24, 2.45) is 0 Å². The van der Waals surface area contributed by atoms with Crippen molar-refractivity contribution >= 4 is 46.8 Å². The highest BCUT2D eigenvalue weighted by Gasteiger charge is 2.38. The van der Waals surface area contributed by atoms with Gasteiger partial charge in [0.05, 0.1) is 10.0 Å². The van der Waals surface area contributed by atoms with Gasteiger partial charge in [-0.25, -0.2) is 0 Å². The Morgan fingerprint density at radius 1 is 1.06 bits per heavy atom. The molecule has 2 aromatic carbocycles. The number of benzene rings is 2. The fourth-order valence-corrected chi connectivity index (χ4v) is 5.41. The number of thioether (sulfide) groups is 1. The Kier molecular flexibility index (Phi) is 8.58. The number of amides is 2. The van der Waals surface area contributed by atoms with Crippen molar-refractivity contribution in [1.82, 2.24) is 15.5 Å². The molecule has 3 atom stereocenters. The number of nitrogens with zero attached hydrogens (tertiary/aromatic N) is 1. The van der Waals surface area contributed by atoms with Crippen LogP contribution in [-0.4, -0.2) is 59.9 Å². The molecular formula is C25H29Cl2N3O2S. The van der Waals surface area contributed by atoms with E-state index in [0.29, 0.717) is 33.3 Å². The Morgan fingerprint density at radius 3 is 2.55 bits per heavy atom. The summed E-state index contributed by atoms with van der Waals surface area (Å²) < 4.78 is 0. The maximum absolute atomic E-state index is 13.0. The normalized spacial score (nSPS) is 20.5. The van der Waals surface area contributed by atoms with Crippen LogP contribution in [0.1, 0.15) is 41.1 Å². The predicted molar refractivity (Wildman–Crippen MR) is 136 cm³/mol. The van der Waals surface area contributed by atoms with Crippen molar-refractivity contribution in [2.75, 3.05) is 31.1 Å². The molecule has 2 amide bonds. The topological polar surface area (TPSA) is 61.4 Å². The Morgan fingerprint density at radius 2 is 1.82 bits per heavy atom. The molecule has 0 aromatic heterocycles. The molecule has 2 aliphatic rings. The lowest BCUT2D eigenvalue weighted by molar-refractivity contribution is -0.131. The van der Waals surface area contributed by atoms with Crippen LogP contribution in [0.2, 0.25) is 10.0 Å². The number of hydrogen-bond acceptors (Lipinski definition) is 4. The first kappa shape index (κ1) is 24.4. The van der Waals surface area contributed by atoms with Crippen molar-refractivity contribution in [3.63, 3.8) is 0 Å². The third-order valence-corrected chi connectivity index (χ3v) is 7.96. The predicted octanol–water partition coefficient (Wildman–Crippen LogP) is 4.59. The molecular weight excluding hydrogens is 477 g/mol. The minimum Gasteiger partial charge on any atom is -0.341 e. The molecule has 8 heteroatoms. The average molecular weight is 506 g/mol. The van der Waals surface area contributed by atoms with Gasteiger partial charge in [0.1, 0.15) is 6.04 Å². The lowest BCUT2D eigenvalue weighted by Crippen LogP contribution is -2.49. The Balaban J connectivity index is 1.23. The van der Waals surface area contributed by atoms with Gasteiger partial charge in [-0.1, -0.05) is 47.5 Å². The van der Waals surface area contributed by atoms with Crippen molar-refractivity contribution in [3.8, 4) is 0 Å². The molecule has 2 N–H and O–H groups in total. The molecule has 0 radical (unpaired) electrons. The first-order valence-corrected chi connectivity index (χ1v) is 13.3. The molecule has 5 nitrogen and oxygen atoms in total. The SMILES string of the molecule is O=C(N[C@@H](CSCCN[C@@H]1C[C@H]1c1ccc(Cl)c(Cl)c1)C(=O)N1CCCC1)c1ccccc1. The maximum atomic E-state index is 13.0. The average Bonchev–Trinajstić information content (AvgIpc) is 3.38. The standard InChI is InChI=1S/C25H29Cl2N3O2S/c26-20-9-8-18(14-21(20)27)19-15-22(19)28-10-13-33-16-23(25(32)30-11-4-5-12-30)29-24(31)17-6-2-1-3-7-17/h1-3,6-9,14,19,22-23,28H,4-5,10-13,15-16H2,(H,29,31)/t19-,22+,23-/m0/s1. The van der Waals surface area contributed by atoms with Gasteiger partial charge in [0.2, 0.25) is 5.91 Å². The zero-order valence-electron chi connectivity index (χ0n) is 18.4. The number of nitrogens with one attached hydrogen (secondary N) is 2. The first-order chi connectivity index (χ1) is 16.0. The van der Waals surface area contributed by atoms with E-state index >= 15 is 0 Å². The van der Waals surface area contributed by atoms with Crippen LogP contribution in [0.3, 0.4) is 0 Å². The summed E-state index contributed by atoms with van der Waals surface area (Å²) in [5.41, 5.74) is 1.79. The second-order valence-electron chi connectivity index (χ2n) is 8.58. The summed E-state index contributed by atoms with van der Waals surface area (Å²) >= 11 is 13.8. The highest BCUT2D eigenvalue weighted by molar-refractivity contribution is 7.99. The van der Waals surface area contributed by atoms with E-state index in [-0.39, 0.29) is 11.8 Å². The summed E-state index contributed by atoms with van der Waals surface area (Å²) in [4.78, 5) is 27.5. The Hall–Kier alpha value is -1.73. The van der Waals surface area contributed by atoms with Crippen LogP contribution >= 0.6 is 35.0 Å². The van der Waals surface area contributed by atoms with Crippen LogP contribution in [0.15, 0.2) is 48.5 Å². The van der Waals surface area contributed by atoms with Crippen LogP contribution in [0.25, 0.3) is 0 Å². The number of carbonyl (C=O) groups is 2. The van der Waals surface area contributed by atoms with Gasteiger partial charge in [0.25, 0.3) is 5.91 Å². The number of rotatable bonds is 10. The summed E-state index contributed by atoms with van der Waals surface area (Å²) in [7, 11) is 0. The van der Waals surface area contributed by atoms with E-state index in [1.165, 1.54) is 5.56 Å². The number of hydrogen-bond donors (Lipinski definition) is 2. The van der Waals surface area contributed by atoms with Crippen molar-refractivity contribution in [3.05, 3.63) is 69.7 Å². The van der Waals surface area contributed by atoms with Crippen molar-refractivity contribution in [1.29, 1.82) is 0 Å². The van der Waals surface area contributed by atoms with Crippen LogP contribution in [0.4, 0.5) is 0 Å². The van der Waals surface area contributed by atoms with Gasteiger partial charge in [-0.15, -0.1) is 0 Å². The highest BCUT2D eigenvalue weighted by atomic mass is 35.5. The zero-order valence-corrected chi connectivity index (χ0v) is 20.8. The largest absolute Gasteiger partial charge is 0.341 e. The van der Waals surface area contributed by atoms with Crippen LogP contribution in [0, 0.1) is 0 Å². The smallest absolute Gasteiger partial charge is 0.251 e. The summed E-state index contributed by atoms with van der Waals surface area (Å²) in [6.07, 6.45) is 3.15. The minimum atomic E-state index is -0.509. The molecule has 0 bridgehead atoms. The van der Waals surface area contributed by atoms with Gasteiger partial charge in [0.15, 0.2) is 0 Å². The van der Waals surface area contributed by atoms with E-state index in [4.69, 9.17) is 23.2 Å². The molecule has 0 spiro atoms. The molecule has 1 saturated carbocycles. The summed E-state index contributed by atoms with van der Waals surface area (Å²) in [6, 6.07) is 14.9. The minimum absolute atomic E-state index is 0.0270. The fraction of sp³-hybridized carbons (Fsp3) is 0.440.